The largest absolute Gasteiger partial charge is 0.480 e. The number of carboxylic acid groups (broad SMARTS) is 1. The lowest BCUT2D eigenvalue weighted by atomic mass is 10.1. The average Bonchev–Trinajstić information content (AvgIpc) is 2.36. The average molecular weight is 328 g/mol. The number of fused-ring (bicyclic) bond motifs is 1. The zero-order valence-corrected chi connectivity index (χ0v) is 11.5. The van der Waals surface area contributed by atoms with Gasteiger partial charge in [0.05, 0.1) is 5.39 Å². The van der Waals surface area contributed by atoms with Crippen molar-refractivity contribution in [3.63, 3.8) is 0 Å². The van der Waals surface area contributed by atoms with E-state index < -0.39 is 17.8 Å². The third-order valence-electron chi connectivity index (χ3n) is 2.69. The third-order valence-corrected chi connectivity index (χ3v) is 3.29. The van der Waals surface area contributed by atoms with Crippen LogP contribution in [-0.2, 0) is 4.79 Å². The molecule has 2 aromatic rings. The molecule has 1 aromatic heterocycles. The number of hydrogen-bond donors (Lipinski definition) is 3. The number of nitrogens with two attached hydrogens (primary N) is 1. The maximum atomic E-state index is 14.0. The van der Waals surface area contributed by atoms with Crippen LogP contribution in [0.2, 0.25) is 0 Å². The van der Waals surface area contributed by atoms with Crippen LogP contribution in [0.4, 0.5) is 15.9 Å². The van der Waals surface area contributed by atoms with Crippen molar-refractivity contribution in [3.05, 3.63) is 28.6 Å². The van der Waals surface area contributed by atoms with Crippen LogP contribution in [0.25, 0.3) is 10.8 Å². The Kier molecular flexibility index (Phi) is 3.57. The quantitative estimate of drug-likeness (QED) is 0.754. The summed E-state index contributed by atoms with van der Waals surface area (Å²) in [5.74, 6) is -1.42. The minimum atomic E-state index is -1.05. The van der Waals surface area contributed by atoms with Crippen LogP contribution in [0, 0.1) is 5.82 Å². The number of benzene rings is 1. The molecule has 5 nitrogen and oxygen atoms in total. The summed E-state index contributed by atoms with van der Waals surface area (Å²) in [6, 6.07) is 1.78. The molecule has 1 atom stereocenters. The molecule has 0 bridgehead atoms. The summed E-state index contributed by atoms with van der Waals surface area (Å²) < 4.78 is 14.5. The summed E-state index contributed by atoms with van der Waals surface area (Å²) in [5.41, 5.74) is 6.20. The summed E-state index contributed by atoms with van der Waals surface area (Å²) >= 11 is 3.26. The summed E-state index contributed by atoms with van der Waals surface area (Å²) in [7, 11) is 0. The third kappa shape index (κ3) is 2.46. The number of anilines is 2. The first-order valence-electron chi connectivity index (χ1n) is 5.43. The van der Waals surface area contributed by atoms with Gasteiger partial charge in [-0.2, -0.15) is 0 Å². The molecular formula is C12H11BrFN3O2. The Hall–Kier alpha value is -1.89. The van der Waals surface area contributed by atoms with E-state index in [2.05, 4.69) is 26.2 Å². The number of nitrogens with one attached hydrogen (secondary N) is 1. The molecule has 0 aliphatic carbocycles. The Labute approximate surface area is 116 Å². The van der Waals surface area contributed by atoms with Gasteiger partial charge in [-0.3, -0.25) is 4.79 Å². The minimum Gasteiger partial charge on any atom is -0.480 e. The van der Waals surface area contributed by atoms with Crippen LogP contribution in [0.1, 0.15) is 6.92 Å². The smallest absolute Gasteiger partial charge is 0.325 e. The van der Waals surface area contributed by atoms with Gasteiger partial charge in [-0.25, -0.2) is 9.37 Å². The first-order valence-corrected chi connectivity index (χ1v) is 6.22. The van der Waals surface area contributed by atoms with Gasteiger partial charge in [0.1, 0.15) is 17.7 Å². The van der Waals surface area contributed by atoms with E-state index in [-0.39, 0.29) is 11.2 Å². The van der Waals surface area contributed by atoms with E-state index in [0.29, 0.717) is 15.5 Å². The van der Waals surface area contributed by atoms with Crippen molar-refractivity contribution in [3.8, 4) is 0 Å². The monoisotopic (exact) mass is 327 g/mol. The first kappa shape index (κ1) is 13.5. The highest BCUT2D eigenvalue weighted by atomic mass is 79.9. The van der Waals surface area contributed by atoms with E-state index in [0.717, 1.165) is 0 Å². The second kappa shape index (κ2) is 5.00. The predicted molar refractivity (Wildman–Crippen MR) is 74.5 cm³/mol. The number of aromatic nitrogens is 1. The molecule has 7 heteroatoms. The van der Waals surface area contributed by atoms with Gasteiger partial charge in [-0.15, -0.1) is 0 Å². The molecular weight excluding hydrogens is 317 g/mol. The lowest BCUT2D eigenvalue weighted by molar-refractivity contribution is -0.137. The van der Waals surface area contributed by atoms with Gasteiger partial charge in [0, 0.05) is 21.7 Å². The summed E-state index contributed by atoms with van der Waals surface area (Å²) in [5, 5.41) is 12.2. The van der Waals surface area contributed by atoms with Gasteiger partial charge in [0.15, 0.2) is 0 Å². The van der Waals surface area contributed by atoms with Gasteiger partial charge in [-0.1, -0.05) is 0 Å². The van der Waals surface area contributed by atoms with Crippen molar-refractivity contribution < 1.29 is 14.3 Å². The molecule has 1 aromatic carbocycles. The molecule has 2 rings (SSSR count). The zero-order chi connectivity index (χ0) is 14.2. The van der Waals surface area contributed by atoms with Crippen molar-refractivity contribution in [2.75, 3.05) is 11.1 Å². The highest BCUT2D eigenvalue weighted by Gasteiger charge is 2.17. The molecule has 0 fully saturated rings. The van der Waals surface area contributed by atoms with E-state index in [1.165, 1.54) is 25.3 Å². The summed E-state index contributed by atoms with van der Waals surface area (Å²) in [6.45, 7) is 1.45. The molecule has 1 unspecified atom stereocenters. The fourth-order valence-electron chi connectivity index (χ4n) is 1.71. The molecule has 4 N–H and O–H groups in total. The number of carboxylic acids is 1. The van der Waals surface area contributed by atoms with Crippen LogP contribution in [0.15, 0.2) is 22.8 Å². The normalized spacial score (nSPS) is 12.4. The Morgan fingerprint density at radius 3 is 2.84 bits per heavy atom. The van der Waals surface area contributed by atoms with Gasteiger partial charge in [0.25, 0.3) is 0 Å². The van der Waals surface area contributed by atoms with E-state index in [4.69, 9.17) is 10.8 Å². The van der Waals surface area contributed by atoms with Crippen LogP contribution in [0.3, 0.4) is 0 Å². The van der Waals surface area contributed by atoms with Gasteiger partial charge < -0.3 is 16.2 Å². The first-order chi connectivity index (χ1) is 8.91. The lowest BCUT2D eigenvalue weighted by Gasteiger charge is -2.14. The number of nitrogen functional groups attached to an aromatic ring is 1. The van der Waals surface area contributed by atoms with E-state index >= 15 is 0 Å². The second-order valence-corrected chi connectivity index (χ2v) is 4.90. The van der Waals surface area contributed by atoms with Crippen molar-refractivity contribution in [1.29, 1.82) is 0 Å². The van der Waals surface area contributed by atoms with E-state index in [9.17, 15) is 9.18 Å². The number of carbonyl (C=O) groups is 1. The van der Waals surface area contributed by atoms with Gasteiger partial charge in [-0.05, 0) is 35.0 Å². The second-order valence-electron chi connectivity index (χ2n) is 4.05. The molecule has 0 radical (unpaired) electrons. The fourth-order valence-corrected chi connectivity index (χ4v) is 2.24. The summed E-state index contributed by atoms with van der Waals surface area (Å²) in [6.07, 6.45) is 1.45. The molecule has 19 heavy (non-hydrogen) atoms. The maximum absolute atomic E-state index is 14.0. The highest BCUT2D eigenvalue weighted by molar-refractivity contribution is 9.10. The maximum Gasteiger partial charge on any atom is 0.325 e. The number of rotatable bonds is 3. The van der Waals surface area contributed by atoms with Crippen molar-refractivity contribution in [2.24, 2.45) is 0 Å². The van der Waals surface area contributed by atoms with Crippen molar-refractivity contribution >= 4 is 44.2 Å². The van der Waals surface area contributed by atoms with Gasteiger partial charge >= 0.3 is 5.97 Å². The highest BCUT2D eigenvalue weighted by Crippen LogP contribution is 2.34. The number of aliphatic carboxylic acids is 1. The zero-order valence-electron chi connectivity index (χ0n) is 9.95. The Morgan fingerprint density at radius 2 is 2.21 bits per heavy atom. The topological polar surface area (TPSA) is 88.2 Å². The standard InChI is InChI=1S/C12H11BrFN3O2/c1-5(12(18)19)17-11-10-7(14)2-3-8(15)9(10)6(13)4-16-11/h2-5H,15H2,1H3,(H,16,17)(H,18,19). The molecule has 0 aliphatic rings. The van der Waals surface area contributed by atoms with Crippen molar-refractivity contribution in [1.82, 2.24) is 4.98 Å². The molecule has 0 amide bonds. The van der Waals surface area contributed by atoms with Crippen molar-refractivity contribution in [2.45, 2.75) is 13.0 Å². The summed E-state index contributed by atoms with van der Waals surface area (Å²) in [4.78, 5) is 14.9. The van der Waals surface area contributed by atoms with Crippen LogP contribution in [-0.4, -0.2) is 22.1 Å². The fraction of sp³-hybridized carbons (Fsp3) is 0.167. The Bertz CT molecular complexity index is 655. The predicted octanol–water partition coefficient (Wildman–Crippen LogP) is 2.60. The number of hydrogen-bond acceptors (Lipinski definition) is 4. The molecule has 1 heterocycles. The number of nitrogens with zero attached hydrogens (tertiary/aromatic N) is 1. The van der Waals surface area contributed by atoms with Crippen LogP contribution in [0.5, 0.6) is 0 Å². The number of halogens is 2. The van der Waals surface area contributed by atoms with E-state index in [1.54, 1.807) is 0 Å². The molecule has 0 saturated carbocycles. The molecule has 0 aliphatic heterocycles. The molecule has 100 valence electrons. The minimum absolute atomic E-state index is 0.151. The Balaban J connectivity index is 2.66. The SMILES string of the molecule is CC(Nc1ncc(Br)c2c(N)ccc(F)c12)C(=O)O. The molecule has 0 saturated heterocycles. The van der Waals surface area contributed by atoms with Crippen LogP contribution < -0.4 is 11.1 Å². The lowest BCUT2D eigenvalue weighted by Crippen LogP contribution is -2.26. The molecule has 0 spiro atoms. The number of pyridine rings is 1. The van der Waals surface area contributed by atoms with Crippen LogP contribution >= 0.6 is 15.9 Å². The Morgan fingerprint density at radius 1 is 1.53 bits per heavy atom. The van der Waals surface area contributed by atoms with Gasteiger partial charge in [0.2, 0.25) is 0 Å². The van der Waals surface area contributed by atoms with E-state index in [1.807, 2.05) is 0 Å².